The van der Waals surface area contributed by atoms with Crippen molar-refractivity contribution >= 4 is 17.3 Å². The molecule has 0 bridgehead atoms. The minimum Gasteiger partial charge on any atom is -0.385 e. The lowest BCUT2D eigenvalue weighted by molar-refractivity contribution is 0.483. The Morgan fingerprint density at radius 1 is 1.18 bits per heavy atom. The van der Waals surface area contributed by atoms with Crippen molar-refractivity contribution in [3.8, 4) is 0 Å². The van der Waals surface area contributed by atoms with Crippen molar-refractivity contribution in [2.75, 3.05) is 11.9 Å². The fourth-order valence-electron chi connectivity index (χ4n) is 2.61. The molecule has 0 saturated heterocycles. The monoisotopic (exact) mass is 251 g/mol. The smallest absolute Gasteiger partial charge is 0.0426 e. The van der Waals surface area contributed by atoms with Crippen LogP contribution in [-0.2, 0) is 0 Å². The van der Waals surface area contributed by atoms with Crippen molar-refractivity contribution < 1.29 is 0 Å². The fraction of sp³-hybridized carbons (Fsp3) is 0.600. The first-order chi connectivity index (χ1) is 8.25. The molecule has 0 aromatic heterocycles. The first kappa shape index (κ1) is 12.8. The molecule has 2 rings (SSSR count). The highest BCUT2D eigenvalue weighted by atomic mass is 35.5. The van der Waals surface area contributed by atoms with Gasteiger partial charge in [0.2, 0.25) is 0 Å². The van der Waals surface area contributed by atoms with Gasteiger partial charge in [0, 0.05) is 17.3 Å². The van der Waals surface area contributed by atoms with E-state index < -0.39 is 0 Å². The van der Waals surface area contributed by atoms with E-state index in [1.807, 2.05) is 12.1 Å². The number of halogens is 1. The average molecular weight is 252 g/mol. The maximum absolute atomic E-state index is 6.02. The molecule has 0 aliphatic heterocycles. The summed E-state index contributed by atoms with van der Waals surface area (Å²) in [6.07, 6.45) is 8.42. The summed E-state index contributed by atoms with van der Waals surface area (Å²) in [4.78, 5) is 0. The molecule has 1 nitrogen and oxygen atoms in total. The molecule has 0 radical (unpaired) electrons. The Balaban J connectivity index is 1.89. The third kappa shape index (κ3) is 3.92. The van der Waals surface area contributed by atoms with Crippen molar-refractivity contribution in [1.82, 2.24) is 0 Å². The zero-order valence-electron chi connectivity index (χ0n) is 10.6. The van der Waals surface area contributed by atoms with E-state index in [9.17, 15) is 0 Å². The third-order valence-corrected chi connectivity index (χ3v) is 3.99. The van der Waals surface area contributed by atoms with E-state index in [0.29, 0.717) is 0 Å². The van der Waals surface area contributed by atoms with E-state index in [1.54, 1.807) is 0 Å². The van der Waals surface area contributed by atoms with Gasteiger partial charge < -0.3 is 5.32 Å². The molecule has 0 spiro atoms. The van der Waals surface area contributed by atoms with Crippen LogP contribution in [0.15, 0.2) is 18.2 Å². The summed E-state index contributed by atoms with van der Waals surface area (Å²) >= 11 is 6.02. The van der Waals surface area contributed by atoms with Crippen molar-refractivity contribution in [3.05, 3.63) is 28.8 Å². The first-order valence-electron chi connectivity index (χ1n) is 6.76. The molecule has 1 saturated carbocycles. The lowest BCUT2D eigenvalue weighted by atomic mass is 10.0. The maximum atomic E-state index is 6.02. The van der Waals surface area contributed by atoms with E-state index in [-0.39, 0.29) is 0 Å². The Morgan fingerprint density at radius 3 is 2.59 bits per heavy atom. The minimum atomic E-state index is 0.818. The Labute approximate surface area is 110 Å². The summed E-state index contributed by atoms with van der Waals surface area (Å²) in [6.45, 7) is 3.23. The van der Waals surface area contributed by atoms with Crippen molar-refractivity contribution in [3.63, 3.8) is 0 Å². The van der Waals surface area contributed by atoms with Gasteiger partial charge in [-0.15, -0.1) is 0 Å². The van der Waals surface area contributed by atoms with Gasteiger partial charge >= 0.3 is 0 Å². The maximum Gasteiger partial charge on any atom is 0.0426 e. The highest BCUT2D eigenvalue weighted by Gasteiger charge is 2.12. The van der Waals surface area contributed by atoms with Gasteiger partial charge in [0.1, 0.15) is 0 Å². The van der Waals surface area contributed by atoms with Crippen LogP contribution < -0.4 is 5.32 Å². The van der Waals surface area contributed by atoms with E-state index in [1.165, 1.54) is 49.8 Å². The van der Waals surface area contributed by atoms with Gasteiger partial charge in [-0.1, -0.05) is 43.4 Å². The van der Waals surface area contributed by atoms with E-state index in [2.05, 4.69) is 18.3 Å². The number of rotatable bonds is 3. The second-order valence-electron chi connectivity index (χ2n) is 5.20. The fourth-order valence-corrected chi connectivity index (χ4v) is 2.78. The van der Waals surface area contributed by atoms with Crippen molar-refractivity contribution in [1.29, 1.82) is 0 Å². The zero-order chi connectivity index (χ0) is 12.1. The Morgan fingerprint density at radius 2 is 1.88 bits per heavy atom. The SMILES string of the molecule is Cc1ccc(Cl)cc1NCC1CCCCCC1. The molecular weight excluding hydrogens is 230 g/mol. The van der Waals surface area contributed by atoms with Crippen LogP contribution in [0.3, 0.4) is 0 Å². The predicted octanol–water partition coefficient (Wildman–Crippen LogP) is 5.03. The molecule has 1 aromatic carbocycles. The molecule has 0 unspecified atom stereocenters. The average Bonchev–Trinajstić information content (AvgIpc) is 2.59. The second-order valence-corrected chi connectivity index (χ2v) is 5.63. The Kier molecular flexibility index (Phi) is 4.73. The quantitative estimate of drug-likeness (QED) is 0.743. The van der Waals surface area contributed by atoms with Crippen LogP contribution in [0.5, 0.6) is 0 Å². The molecule has 1 N–H and O–H groups in total. The topological polar surface area (TPSA) is 12.0 Å². The summed E-state index contributed by atoms with van der Waals surface area (Å²) in [7, 11) is 0. The molecule has 1 aliphatic rings. The number of hydrogen-bond acceptors (Lipinski definition) is 1. The number of benzene rings is 1. The Bertz CT molecular complexity index is 354. The van der Waals surface area contributed by atoms with E-state index >= 15 is 0 Å². The molecule has 1 fully saturated rings. The lowest BCUT2D eigenvalue weighted by Crippen LogP contribution is -2.14. The van der Waals surface area contributed by atoms with Gasteiger partial charge in [0.05, 0.1) is 0 Å². The van der Waals surface area contributed by atoms with Crippen LogP contribution in [0.25, 0.3) is 0 Å². The second kappa shape index (κ2) is 6.30. The van der Waals surface area contributed by atoms with Gasteiger partial charge in [-0.25, -0.2) is 0 Å². The molecule has 0 heterocycles. The van der Waals surface area contributed by atoms with Gasteiger partial charge in [-0.2, -0.15) is 0 Å². The van der Waals surface area contributed by atoms with Gasteiger partial charge in [0.15, 0.2) is 0 Å². The largest absolute Gasteiger partial charge is 0.385 e. The van der Waals surface area contributed by atoms with Crippen LogP contribution in [0.2, 0.25) is 5.02 Å². The first-order valence-corrected chi connectivity index (χ1v) is 7.13. The molecule has 0 atom stereocenters. The summed E-state index contributed by atoms with van der Waals surface area (Å²) in [5, 5.41) is 4.39. The van der Waals surface area contributed by atoms with Gasteiger partial charge in [0.25, 0.3) is 0 Å². The van der Waals surface area contributed by atoms with Crippen molar-refractivity contribution in [2.24, 2.45) is 5.92 Å². The lowest BCUT2D eigenvalue weighted by Gasteiger charge is -2.17. The highest BCUT2D eigenvalue weighted by molar-refractivity contribution is 6.30. The number of hydrogen-bond donors (Lipinski definition) is 1. The standard InChI is InChI=1S/C15H22ClN/c1-12-8-9-14(16)10-15(12)17-11-13-6-4-2-3-5-7-13/h8-10,13,17H,2-7,11H2,1H3. The normalized spacial score (nSPS) is 17.8. The zero-order valence-corrected chi connectivity index (χ0v) is 11.4. The van der Waals surface area contributed by atoms with Crippen LogP contribution in [0, 0.1) is 12.8 Å². The van der Waals surface area contributed by atoms with Gasteiger partial charge in [-0.3, -0.25) is 0 Å². The van der Waals surface area contributed by atoms with Crippen molar-refractivity contribution in [2.45, 2.75) is 45.4 Å². The minimum absolute atomic E-state index is 0.818. The summed E-state index contributed by atoms with van der Waals surface area (Å²) in [5.74, 6) is 0.843. The molecule has 1 aliphatic carbocycles. The van der Waals surface area contributed by atoms with E-state index in [4.69, 9.17) is 11.6 Å². The predicted molar refractivity (Wildman–Crippen MR) is 75.9 cm³/mol. The summed E-state index contributed by atoms with van der Waals surface area (Å²) in [5.41, 5.74) is 2.48. The number of nitrogens with one attached hydrogen (secondary N) is 1. The summed E-state index contributed by atoms with van der Waals surface area (Å²) < 4.78 is 0. The number of aryl methyl sites for hydroxylation is 1. The van der Waals surface area contributed by atoms with Crippen LogP contribution in [-0.4, -0.2) is 6.54 Å². The molecule has 94 valence electrons. The molecule has 1 aromatic rings. The Hall–Kier alpha value is -0.690. The van der Waals surface area contributed by atoms with Crippen LogP contribution >= 0.6 is 11.6 Å². The molecule has 2 heteroatoms. The number of anilines is 1. The van der Waals surface area contributed by atoms with Crippen LogP contribution in [0.4, 0.5) is 5.69 Å². The van der Waals surface area contributed by atoms with E-state index in [0.717, 1.165) is 17.5 Å². The summed E-state index contributed by atoms with van der Waals surface area (Å²) in [6, 6.07) is 6.07. The molecule has 17 heavy (non-hydrogen) atoms. The highest BCUT2D eigenvalue weighted by Crippen LogP contribution is 2.25. The molecule has 0 amide bonds. The van der Waals surface area contributed by atoms with Crippen LogP contribution in [0.1, 0.15) is 44.1 Å². The van der Waals surface area contributed by atoms with Gasteiger partial charge in [-0.05, 0) is 43.4 Å². The third-order valence-electron chi connectivity index (χ3n) is 3.76. The molecular formula is C15H22ClN.